The second-order valence-electron chi connectivity index (χ2n) is 6.13. The highest BCUT2D eigenvalue weighted by molar-refractivity contribution is 6.00. The molecule has 1 heterocycles. The van der Waals surface area contributed by atoms with Crippen molar-refractivity contribution in [1.82, 2.24) is 4.57 Å². The van der Waals surface area contributed by atoms with E-state index in [1.165, 1.54) is 20.6 Å². The van der Waals surface area contributed by atoms with Crippen LogP contribution in [0.1, 0.15) is 24.3 Å². The van der Waals surface area contributed by atoms with Gasteiger partial charge >= 0.3 is 0 Å². The van der Waals surface area contributed by atoms with Crippen molar-refractivity contribution in [1.29, 1.82) is 0 Å². The third-order valence-electron chi connectivity index (χ3n) is 4.02. The molecule has 9 heteroatoms. The fourth-order valence-electron chi connectivity index (χ4n) is 2.74. The van der Waals surface area contributed by atoms with Crippen molar-refractivity contribution in [2.45, 2.75) is 13.8 Å². The number of carbonyl (C=O) groups excluding carboxylic acids is 1. The third kappa shape index (κ3) is 4.08. The number of hydrogen-bond donors (Lipinski definition) is 2. The molecule has 0 aliphatic rings. The summed E-state index contributed by atoms with van der Waals surface area (Å²) in [6, 6.07) is 7.07. The Labute approximate surface area is 163 Å². The molecule has 0 aliphatic carbocycles. The molecule has 0 unspecified atom stereocenters. The monoisotopic (exact) mass is 387 g/mol. The van der Waals surface area contributed by atoms with E-state index in [1.807, 2.05) is 19.9 Å². The first-order chi connectivity index (χ1) is 13.3. The van der Waals surface area contributed by atoms with E-state index in [4.69, 9.17) is 25.7 Å². The van der Waals surface area contributed by atoms with Crippen molar-refractivity contribution in [3.05, 3.63) is 30.0 Å². The van der Waals surface area contributed by atoms with E-state index in [-0.39, 0.29) is 17.7 Å². The first-order valence-corrected chi connectivity index (χ1v) is 8.52. The molecule has 4 N–H and O–H groups in total. The van der Waals surface area contributed by atoms with Crippen molar-refractivity contribution in [3.63, 3.8) is 0 Å². The minimum atomic E-state index is -0.203. The Hall–Kier alpha value is -3.49. The normalized spacial score (nSPS) is 10.9. The van der Waals surface area contributed by atoms with Crippen LogP contribution in [0.4, 0.5) is 0 Å². The van der Waals surface area contributed by atoms with Crippen molar-refractivity contribution in [2.75, 3.05) is 21.3 Å². The lowest BCUT2D eigenvalue weighted by atomic mass is 10.1. The lowest BCUT2D eigenvalue weighted by molar-refractivity contribution is 0.0933. The highest BCUT2D eigenvalue weighted by Gasteiger charge is 2.23. The predicted octanol–water partition coefficient (Wildman–Crippen LogP) is 2.08. The van der Waals surface area contributed by atoms with Gasteiger partial charge in [0, 0.05) is 11.5 Å². The summed E-state index contributed by atoms with van der Waals surface area (Å²) in [5.41, 5.74) is 12.4. The van der Waals surface area contributed by atoms with Crippen LogP contribution in [0.5, 0.6) is 17.2 Å². The van der Waals surface area contributed by atoms with Gasteiger partial charge in [-0.05, 0) is 24.3 Å². The number of hydrogen-bond acceptors (Lipinski definition) is 6. The van der Waals surface area contributed by atoms with E-state index in [1.54, 1.807) is 29.9 Å². The van der Waals surface area contributed by atoms with Gasteiger partial charge < -0.3 is 25.7 Å². The van der Waals surface area contributed by atoms with Crippen LogP contribution in [0, 0.1) is 5.92 Å². The number of rotatable bonds is 8. The van der Waals surface area contributed by atoms with Crippen LogP contribution in [0.15, 0.2) is 34.5 Å². The van der Waals surface area contributed by atoms with Crippen LogP contribution in [-0.4, -0.2) is 44.0 Å². The summed E-state index contributed by atoms with van der Waals surface area (Å²) >= 11 is 0. The van der Waals surface area contributed by atoms with Crippen molar-refractivity contribution >= 4 is 18.1 Å². The Morgan fingerprint density at radius 2 is 1.71 bits per heavy atom. The van der Waals surface area contributed by atoms with Crippen molar-refractivity contribution in [3.8, 4) is 28.5 Å². The molecule has 0 bridgehead atoms. The number of methoxy groups -OCH3 is 3. The summed E-state index contributed by atoms with van der Waals surface area (Å²) in [6.07, 6.45) is 1.38. The quantitative estimate of drug-likeness (QED) is 0.309. The Bertz CT molecular complexity index is 911. The van der Waals surface area contributed by atoms with Gasteiger partial charge in [-0.25, -0.2) is 0 Å². The first-order valence-electron chi connectivity index (χ1n) is 8.52. The Morgan fingerprint density at radius 3 is 2.25 bits per heavy atom. The maximum atomic E-state index is 12.6. The Kier molecular flexibility index (Phi) is 6.64. The van der Waals surface area contributed by atoms with Gasteiger partial charge in [-0.2, -0.15) is 0 Å². The molecule has 0 aliphatic heterocycles. The lowest BCUT2D eigenvalue weighted by Crippen LogP contribution is -2.22. The zero-order chi connectivity index (χ0) is 20.8. The molecular formula is C19H25N5O4. The van der Waals surface area contributed by atoms with E-state index in [2.05, 4.69) is 10.2 Å². The van der Waals surface area contributed by atoms with Gasteiger partial charge in [0.2, 0.25) is 11.7 Å². The van der Waals surface area contributed by atoms with Gasteiger partial charge in [0.25, 0.3) is 0 Å². The average Bonchev–Trinajstić information content (AvgIpc) is 3.08. The summed E-state index contributed by atoms with van der Waals surface area (Å²) in [4.78, 5) is 12.6. The first kappa shape index (κ1) is 20.8. The molecule has 0 radical (unpaired) electrons. The fourth-order valence-corrected chi connectivity index (χ4v) is 2.74. The summed E-state index contributed by atoms with van der Waals surface area (Å²) in [5.74, 6) is 0.972. The van der Waals surface area contributed by atoms with Gasteiger partial charge in [-0.3, -0.25) is 9.36 Å². The van der Waals surface area contributed by atoms with Gasteiger partial charge in [0.05, 0.1) is 32.7 Å². The summed E-state index contributed by atoms with van der Waals surface area (Å²) in [5, 5.41) is 7.48. The van der Waals surface area contributed by atoms with Gasteiger partial charge in [0.1, 0.15) is 6.34 Å². The molecule has 2 rings (SSSR count). The van der Waals surface area contributed by atoms with Crippen LogP contribution >= 0.6 is 0 Å². The van der Waals surface area contributed by atoms with Crippen LogP contribution < -0.4 is 25.7 Å². The van der Waals surface area contributed by atoms with Gasteiger partial charge in [-0.1, -0.05) is 13.8 Å². The molecule has 0 saturated heterocycles. The van der Waals surface area contributed by atoms with E-state index >= 15 is 0 Å². The smallest absolute Gasteiger partial charge is 0.211 e. The SMILES string of the molecule is COc1ccc(-c2ccc(C(=O)C(C)C)n2C=NN=C(N)N)c(OC)c1OC. The molecule has 0 amide bonds. The van der Waals surface area contributed by atoms with Crippen LogP contribution in [0.2, 0.25) is 0 Å². The number of Topliss-reactive ketones (excluding diaryl/α,β-unsaturated/α-hetero) is 1. The fraction of sp³-hybridized carbons (Fsp3) is 0.316. The largest absolute Gasteiger partial charge is 0.493 e. The highest BCUT2D eigenvalue weighted by Crippen LogP contribution is 2.44. The third-order valence-corrected chi connectivity index (χ3v) is 4.02. The summed E-state index contributed by atoms with van der Waals surface area (Å²) in [6.45, 7) is 3.65. The summed E-state index contributed by atoms with van der Waals surface area (Å²) in [7, 11) is 4.60. The van der Waals surface area contributed by atoms with E-state index in [0.717, 1.165) is 0 Å². The number of nitrogens with zero attached hydrogens (tertiary/aromatic N) is 3. The Morgan fingerprint density at radius 1 is 1.04 bits per heavy atom. The van der Waals surface area contributed by atoms with Crippen LogP contribution in [0.25, 0.3) is 11.3 Å². The van der Waals surface area contributed by atoms with E-state index in [9.17, 15) is 4.79 Å². The van der Waals surface area contributed by atoms with Crippen LogP contribution in [-0.2, 0) is 0 Å². The van der Waals surface area contributed by atoms with Crippen LogP contribution in [0.3, 0.4) is 0 Å². The molecule has 1 aromatic carbocycles. The van der Waals surface area contributed by atoms with Crippen molar-refractivity contribution in [2.24, 2.45) is 27.6 Å². The maximum absolute atomic E-state index is 12.6. The molecule has 0 fully saturated rings. The van der Waals surface area contributed by atoms with Gasteiger partial charge in [0.15, 0.2) is 17.3 Å². The highest BCUT2D eigenvalue weighted by atomic mass is 16.5. The standard InChI is InChI=1S/C19H25N5O4/c1-11(2)16(25)14-8-7-13(24(14)10-22-23-19(20)21)12-6-9-15(26-3)18(28-5)17(12)27-4/h6-11H,1-5H3,(H4,20,21,23). The number of ether oxygens (including phenoxy) is 3. The lowest BCUT2D eigenvalue weighted by Gasteiger charge is -2.16. The number of nitrogens with two attached hydrogens (primary N) is 2. The number of ketones is 1. The molecule has 0 atom stereocenters. The maximum Gasteiger partial charge on any atom is 0.211 e. The number of benzene rings is 1. The molecule has 2 aromatic rings. The van der Waals surface area contributed by atoms with Crippen molar-refractivity contribution < 1.29 is 19.0 Å². The molecule has 1 aromatic heterocycles. The zero-order valence-corrected chi connectivity index (χ0v) is 16.6. The Balaban J connectivity index is 2.74. The molecule has 28 heavy (non-hydrogen) atoms. The van der Waals surface area contributed by atoms with E-state index in [0.29, 0.717) is 34.2 Å². The minimum absolute atomic E-state index is 0.0538. The molecule has 0 saturated carbocycles. The number of guanidine groups is 1. The molecular weight excluding hydrogens is 362 g/mol. The number of carbonyl (C=O) groups is 1. The summed E-state index contributed by atoms with van der Waals surface area (Å²) < 4.78 is 18.0. The second-order valence-corrected chi connectivity index (χ2v) is 6.13. The van der Waals surface area contributed by atoms with Gasteiger partial charge in [-0.15, -0.1) is 10.2 Å². The zero-order valence-electron chi connectivity index (χ0n) is 16.6. The molecule has 150 valence electrons. The number of aromatic nitrogens is 1. The predicted molar refractivity (Wildman–Crippen MR) is 108 cm³/mol. The molecule has 0 spiro atoms. The average molecular weight is 387 g/mol. The second kappa shape index (κ2) is 8.94. The molecule has 9 nitrogen and oxygen atoms in total. The topological polar surface area (TPSA) is 126 Å². The van der Waals surface area contributed by atoms with E-state index < -0.39 is 0 Å². The minimum Gasteiger partial charge on any atom is -0.493 e.